The molecule has 2 aromatic carbocycles. The van der Waals surface area contributed by atoms with Crippen LogP contribution in [0.3, 0.4) is 0 Å². The molecule has 3 aliphatic heterocycles. The van der Waals surface area contributed by atoms with Crippen LogP contribution in [-0.2, 0) is 25.8 Å². The maximum absolute atomic E-state index is 14.8. The monoisotopic (exact) mass is 626 g/mol. The molecule has 3 saturated heterocycles. The van der Waals surface area contributed by atoms with Crippen molar-refractivity contribution in [3.63, 3.8) is 0 Å². The molecule has 3 aromatic rings. The Bertz CT molecular complexity index is 1630. The predicted octanol–water partition coefficient (Wildman–Crippen LogP) is 3.55. The number of ether oxygens (including phenoxy) is 1. The Balaban J connectivity index is 1.41. The Hall–Kier alpha value is -4.35. The third-order valence-electron chi connectivity index (χ3n) is 10.0. The SMILES string of the molecule is C=CCN(Cn1nnc2ccccc21)C(=O)C1N(CCCCO)C(=O)[C@@H]2[C@H](C(=O)N(CC=C)c3ccccc3)[C@]3(CC)CCC12O3. The van der Waals surface area contributed by atoms with Gasteiger partial charge in [-0.25, -0.2) is 4.68 Å². The summed E-state index contributed by atoms with van der Waals surface area (Å²) >= 11 is 0. The van der Waals surface area contributed by atoms with Crippen LogP contribution in [0.5, 0.6) is 0 Å². The number of aliphatic hydroxyl groups excluding tert-OH is 1. The zero-order valence-corrected chi connectivity index (χ0v) is 26.3. The van der Waals surface area contributed by atoms with Gasteiger partial charge in [0.25, 0.3) is 0 Å². The molecule has 11 nitrogen and oxygen atoms in total. The Labute approximate surface area is 269 Å². The number of likely N-dealkylation sites (tertiary alicyclic amines) is 1. The number of hydrogen-bond donors (Lipinski definition) is 1. The van der Waals surface area contributed by atoms with Gasteiger partial charge in [0.1, 0.15) is 23.8 Å². The van der Waals surface area contributed by atoms with E-state index in [1.165, 1.54) is 0 Å². The fraction of sp³-hybridized carbons (Fsp3) is 0.457. The van der Waals surface area contributed by atoms with E-state index in [2.05, 4.69) is 23.5 Å². The minimum atomic E-state index is -1.18. The van der Waals surface area contributed by atoms with Gasteiger partial charge in [0.05, 0.1) is 23.0 Å². The summed E-state index contributed by atoms with van der Waals surface area (Å²) in [5, 5.41) is 18.1. The number of anilines is 1. The lowest BCUT2D eigenvalue weighted by molar-refractivity contribution is -0.153. The highest BCUT2D eigenvalue weighted by molar-refractivity contribution is 6.03. The lowest BCUT2D eigenvalue weighted by Gasteiger charge is -2.37. The first-order valence-corrected chi connectivity index (χ1v) is 16.1. The second kappa shape index (κ2) is 12.8. The van der Waals surface area contributed by atoms with E-state index in [0.29, 0.717) is 43.3 Å². The third-order valence-corrected chi connectivity index (χ3v) is 10.0. The molecule has 11 heteroatoms. The van der Waals surface area contributed by atoms with Crippen LogP contribution < -0.4 is 4.90 Å². The summed E-state index contributed by atoms with van der Waals surface area (Å²) in [4.78, 5) is 49.0. The molecule has 2 bridgehead atoms. The fourth-order valence-corrected chi connectivity index (χ4v) is 7.96. The van der Waals surface area contributed by atoms with Crippen molar-refractivity contribution in [2.45, 2.75) is 62.9 Å². The summed E-state index contributed by atoms with van der Waals surface area (Å²) in [7, 11) is 0. The molecule has 3 aliphatic rings. The number of benzene rings is 2. The molecule has 1 spiro atoms. The zero-order chi connectivity index (χ0) is 32.5. The maximum Gasteiger partial charge on any atom is 0.250 e. The average molecular weight is 627 g/mol. The maximum atomic E-state index is 14.8. The second-order valence-electron chi connectivity index (χ2n) is 12.4. The first-order valence-electron chi connectivity index (χ1n) is 16.1. The Morgan fingerprint density at radius 1 is 1.04 bits per heavy atom. The molecule has 1 N–H and O–H groups in total. The van der Waals surface area contributed by atoms with E-state index in [0.717, 1.165) is 5.52 Å². The van der Waals surface area contributed by atoms with Gasteiger partial charge >= 0.3 is 0 Å². The molecule has 46 heavy (non-hydrogen) atoms. The minimum absolute atomic E-state index is 0.0265. The number of para-hydroxylation sites is 2. The Morgan fingerprint density at radius 2 is 1.78 bits per heavy atom. The molecular weight excluding hydrogens is 584 g/mol. The van der Waals surface area contributed by atoms with Crippen molar-refractivity contribution in [3.05, 3.63) is 79.9 Å². The van der Waals surface area contributed by atoms with Gasteiger partial charge in [-0.2, -0.15) is 0 Å². The number of rotatable bonds is 14. The quantitative estimate of drug-likeness (QED) is 0.215. The molecule has 3 amide bonds. The van der Waals surface area contributed by atoms with Crippen molar-refractivity contribution in [3.8, 4) is 0 Å². The van der Waals surface area contributed by atoms with E-state index in [-0.39, 0.29) is 50.6 Å². The van der Waals surface area contributed by atoms with Crippen molar-refractivity contribution >= 4 is 34.4 Å². The van der Waals surface area contributed by atoms with E-state index < -0.39 is 29.1 Å². The molecule has 0 radical (unpaired) electrons. The van der Waals surface area contributed by atoms with E-state index in [4.69, 9.17) is 4.74 Å². The highest BCUT2D eigenvalue weighted by Crippen LogP contribution is 2.64. The molecule has 242 valence electrons. The number of aromatic nitrogens is 3. The first kappa shape index (κ1) is 31.6. The Kier molecular flexibility index (Phi) is 8.80. The van der Waals surface area contributed by atoms with Crippen molar-refractivity contribution in [1.29, 1.82) is 0 Å². The van der Waals surface area contributed by atoms with E-state index in [1.54, 1.807) is 31.5 Å². The van der Waals surface area contributed by atoms with Crippen LogP contribution in [0.25, 0.3) is 11.0 Å². The normalized spacial score (nSPS) is 26.3. The predicted molar refractivity (Wildman–Crippen MR) is 173 cm³/mol. The van der Waals surface area contributed by atoms with Crippen LogP contribution in [0.2, 0.25) is 0 Å². The molecule has 0 saturated carbocycles. The standard InChI is InChI=1S/C35H42N6O5/c1-4-20-38(24-41-27-17-11-10-16-26(27)36-37-41)33(45)30-35-19-18-34(6-3,46-35)28(29(35)32(44)40(30)22-12-13-23-42)31(43)39(21-5-2)25-14-8-7-9-15-25/h4-5,7-11,14-17,28-30,42H,1-2,6,12-13,18-24H2,3H3/t28-,29+,30?,34+,35?/m1/s1. The number of unbranched alkanes of at least 4 members (excludes halogenated alkanes) is 1. The van der Waals surface area contributed by atoms with Gasteiger partial charge in [0, 0.05) is 31.9 Å². The molecule has 4 heterocycles. The molecule has 0 aliphatic carbocycles. The smallest absolute Gasteiger partial charge is 0.250 e. The number of fused-ring (bicyclic) bond motifs is 2. The third kappa shape index (κ3) is 5.02. The van der Waals surface area contributed by atoms with Crippen LogP contribution in [-0.4, -0.2) is 91.1 Å². The summed E-state index contributed by atoms with van der Waals surface area (Å²) in [6.07, 6.45) is 5.88. The number of nitrogens with zero attached hydrogens (tertiary/aromatic N) is 6. The van der Waals surface area contributed by atoms with Gasteiger partial charge in [-0.3, -0.25) is 14.4 Å². The highest BCUT2D eigenvalue weighted by Gasteiger charge is 2.79. The highest BCUT2D eigenvalue weighted by atomic mass is 16.5. The van der Waals surface area contributed by atoms with Gasteiger partial charge in [-0.15, -0.1) is 18.3 Å². The van der Waals surface area contributed by atoms with E-state index in [9.17, 15) is 19.5 Å². The fourth-order valence-electron chi connectivity index (χ4n) is 7.96. The molecule has 1 aromatic heterocycles. The lowest BCUT2D eigenvalue weighted by atomic mass is 9.64. The van der Waals surface area contributed by atoms with Crippen LogP contribution in [0.4, 0.5) is 5.69 Å². The number of amides is 3. The van der Waals surface area contributed by atoms with Crippen LogP contribution >= 0.6 is 0 Å². The number of carbonyl (C=O) groups excluding carboxylic acids is 3. The molecule has 2 unspecified atom stereocenters. The second-order valence-corrected chi connectivity index (χ2v) is 12.4. The van der Waals surface area contributed by atoms with Crippen molar-refractivity contribution in [1.82, 2.24) is 24.8 Å². The molecule has 5 atom stereocenters. The van der Waals surface area contributed by atoms with Crippen LogP contribution in [0.1, 0.15) is 39.0 Å². The number of hydrogen-bond acceptors (Lipinski definition) is 7. The van der Waals surface area contributed by atoms with Crippen LogP contribution in [0, 0.1) is 11.8 Å². The molecular formula is C35H42N6O5. The molecule has 6 rings (SSSR count). The van der Waals surface area contributed by atoms with E-state index >= 15 is 0 Å². The topological polar surface area (TPSA) is 121 Å². The summed E-state index contributed by atoms with van der Waals surface area (Å²) in [5.74, 6) is -2.34. The zero-order valence-electron chi connectivity index (χ0n) is 26.3. The van der Waals surface area contributed by atoms with Gasteiger partial charge in [0.2, 0.25) is 17.7 Å². The van der Waals surface area contributed by atoms with Gasteiger partial charge < -0.3 is 24.5 Å². The van der Waals surface area contributed by atoms with Crippen molar-refractivity contribution in [2.24, 2.45) is 11.8 Å². The largest absolute Gasteiger partial charge is 0.396 e. The number of aliphatic hydroxyl groups is 1. The van der Waals surface area contributed by atoms with Crippen molar-refractivity contribution in [2.75, 3.05) is 31.1 Å². The summed E-state index contributed by atoms with van der Waals surface area (Å²) < 4.78 is 8.67. The Morgan fingerprint density at radius 3 is 2.50 bits per heavy atom. The average Bonchev–Trinajstić information content (AvgIpc) is 3.81. The summed E-state index contributed by atoms with van der Waals surface area (Å²) in [5.41, 5.74) is 0.141. The van der Waals surface area contributed by atoms with Gasteiger partial charge in [-0.05, 0) is 56.4 Å². The van der Waals surface area contributed by atoms with Gasteiger partial charge in [-0.1, -0.05) is 54.6 Å². The minimum Gasteiger partial charge on any atom is -0.396 e. The van der Waals surface area contributed by atoms with E-state index in [1.807, 2.05) is 61.5 Å². The van der Waals surface area contributed by atoms with Crippen LogP contribution in [0.15, 0.2) is 79.9 Å². The summed E-state index contributed by atoms with van der Waals surface area (Å²) in [6, 6.07) is 15.9. The summed E-state index contributed by atoms with van der Waals surface area (Å²) in [6.45, 7) is 10.6. The van der Waals surface area contributed by atoms with Crippen molar-refractivity contribution < 1.29 is 24.2 Å². The molecule has 3 fully saturated rings. The first-order chi connectivity index (χ1) is 22.4. The van der Waals surface area contributed by atoms with Gasteiger partial charge in [0.15, 0.2) is 0 Å². The number of carbonyl (C=O) groups is 3. The lowest BCUT2D eigenvalue weighted by Crippen LogP contribution is -2.56.